The molecule has 0 radical (unpaired) electrons. The highest BCUT2D eigenvalue weighted by Gasteiger charge is 2.25. The minimum absolute atomic E-state index is 0.0423. The Labute approximate surface area is 123 Å². The molecule has 0 aliphatic carbocycles. The van der Waals surface area contributed by atoms with Crippen LogP contribution in [0.2, 0.25) is 0 Å². The maximum Gasteiger partial charge on any atom is 0.236 e. The van der Waals surface area contributed by atoms with E-state index in [1.54, 1.807) is 0 Å². The van der Waals surface area contributed by atoms with Crippen molar-refractivity contribution in [3.05, 3.63) is 29.8 Å². The monoisotopic (exact) mass is 327 g/mol. The summed E-state index contributed by atoms with van der Waals surface area (Å²) in [7, 11) is 0. The summed E-state index contributed by atoms with van der Waals surface area (Å²) in [6, 6.07) is 7.69. The molecular weight excluding hydrogens is 306 g/mol. The molecule has 1 amide bonds. The summed E-state index contributed by atoms with van der Waals surface area (Å²) in [6.45, 7) is 9.58. The predicted octanol–water partition coefficient (Wildman–Crippen LogP) is 3.82. The molecule has 1 rings (SSSR count). The zero-order chi connectivity index (χ0) is 14.6. The molecule has 0 heterocycles. The van der Waals surface area contributed by atoms with Crippen LogP contribution in [0.25, 0.3) is 0 Å². The molecule has 1 aromatic rings. The number of carbonyl (C=O) groups is 1. The van der Waals surface area contributed by atoms with Gasteiger partial charge in [-0.2, -0.15) is 0 Å². The number of rotatable bonds is 5. The molecule has 0 fully saturated rings. The van der Waals surface area contributed by atoms with Gasteiger partial charge in [0.1, 0.15) is 5.75 Å². The lowest BCUT2D eigenvalue weighted by atomic mass is 10.1. The molecule has 0 aliphatic heterocycles. The summed E-state index contributed by atoms with van der Waals surface area (Å²) in [5.41, 5.74) is 0.987. The van der Waals surface area contributed by atoms with Crippen molar-refractivity contribution in [1.29, 1.82) is 0 Å². The van der Waals surface area contributed by atoms with E-state index in [0.29, 0.717) is 0 Å². The lowest BCUT2D eigenvalue weighted by Crippen LogP contribution is -2.39. The van der Waals surface area contributed by atoms with Crippen LogP contribution in [-0.4, -0.2) is 16.3 Å². The third-order valence-electron chi connectivity index (χ3n) is 2.64. The van der Waals surface area contributed by atoms with Gasteiger partial charge in [-0.1, -0.05) is 34.1 Å². The van der Waals surface area contributed by atoms with Crippen LogP contribution in [0.4, 0.5) is 0 Å². The molecule has 4 heteroatoms. The number of nitrogens with one attached hydrogen (secondary N) is 1. The summed E-state index contributed by atoms with van der Waals surface area (Å²) in [6.07, 6.45) is 0.108. The minimum atomic E-state index is -0.574. The third kappa shape index (κ3) is 4.86. The number of alkyl halides is 1. The van der Waals surface area contributed by atoms with Gasteiger partial charge in [-0.15, -0.1) is 0 Å². The number of carbonyl (C=O) groups excluding carboxylic acids is 1. The van der Waals surface area contributed by atoms with Crippen molar-refractivity contribution in [2.24, 2.45) is 0 Å². The molecule has 1 unspecified atom stereocenters. The summed E-state index contributed by atoms with van der Waals surface area (Å²) in [4.78, 5) is 12.0. The van der Waals surface area contributed by atoms with E-state index in [9.17, 15) is 4.79 Å². The topological polar surface area (TPSA) is 38.3 Å². The lowest BCUT2D eigenvalue weighted by Gasteiger charge is -2.23. The molecule has 0 saturated carbocycles. The smallest absolute Gasteiger partial charge is 0.236 e. The first-order chi connectivity index (χ1) is 8.71. The molecule has 0 bridgehead atoms. The van der Waals surface area contributed by atoms with Crippen molar-refractivity contribution in [3.8, 4) is 5.75 Å². The number of amides is 1. The van der Waals surface area contributed by atoms with E-state index in [2.05, 4.69) is 21.2 Å². The quantitative estimate of drug-likeness (QED) is 0.835. The molecule has 0 aromatic heterocycles. The lowest BCUT2D eigenvalue weighted by molar-refractivity contribution is -0.123. The zero-order valence-corrected chi connectivity index (χ0v) is 13.7. The van der Waals surface area contributed by atoms with Gasteiger partial charge < -0.3 is 10.1 Å². The molecule has 106 valence electrons. The first kappa shape index (κ1) is 16.0. The van der Waals surface area contributed by atoms with E-state index in [1.807, 2.05) is 58.9 Å². The van der Waals surface area contributed by atoms with Gasteiger partial charge >= 0.3 is 0 Å². The Bertz CT molecular complexity index is 438. The second-order valence-corrected chi connectivity index (χ2v) is 7.35. The molecule has 3 nitrogen and oxygen atoms in total. The van der Waals surface area contributed by atoms with Crippen molar-refractivity contribution in [2.75, 3.05) is 0 Å². The Kier molecular flexibility index (Phi) is 5.41. The van der Waals surface area contributed by atoms with E-state index in [0.717, 1.165) is 11.3 Å². The van der Waals surface area contributed by atoms with Crippen LogP contribution in [-0.2, 0) is 4.79 Å². The number of para-hydroxylation sites is 1. The van der Waals surface area contributed by atoms with Gasteiger partial charge in [-0.25, -0.2) is 0 Å². The van der Waals surface area contributed by atoms with Crippen molar-refractivity contribution in [2.45, 2.75) is 51.1 Å². The summed E-state index contributed by atoms with van der Waals surface area (Å²) >= 11 is 3.36. The summed E-state index contributed by atoms with van der Waals surface area (Å²) in [5, 5.41) is 2.98. The van der Waals surface area contributed by atoms with Gasteiger partial charge in [0.2, 0.25) is 5.91 Å². The normalized spacial score (nSPS) is 13.2. The Hall–Kier alpha value is -1.03. The molecule has 0 spiro atoms. The highest BCUT2D eigenvalue weighted by molar-refractivity contribution is 9.10. The molecule has 1 atom stereocenters. The van der Waals surface area contributed by atoms with Crippen molar-refractivity contribution in [3.63, 3.8) is 0 Å². The molecule has 1 N–H and O–H groups in total. The maximum atomic E-state index is 12.0. The Balaban J connectivity index is 2.88. The highest BCUT2D eigenvalue weighted by Crippen LogP contribution is 2.27. The number of hydrogen-bond donors (Lipinski definition) is 1. The van der Waals surface area contributed by atoms with E-state index in [1.165, 1.54) is 0 Å². The maximum absolute atomic E-state index is 12.0. The van der Waals surface area contributed by atoms with Crippen LogP contribution < -0.4 is 10.1 Å². The van der Waals surface area contributed by atoms with Crippen molar-refractivity contribution >= 4 is 21.8 Å². The van der Waals surface area contributed by atoms with E-state index < -0.39 is 4.32 Å². The van der Waals surface area contributed by atoms with Gasteiger partial charge in [0.05, 0.1) is 16.5 Å². The van der Waals surface area contributed by atoms with Crippen LogP contribution in [0.15, 0.2) is 24.3 Å². The fourth-order valence-corrected chi connectivity index (χ4v) is 1.76. The van der Waals surface area contributed by atoms with E-state index in [4.69, 9.17) is 4.74 Å². The number of hydrogen-bond acceptors (Lipinski definition) is 2. The van der Waals surface area contributed by atoms with Crippen LogP contribution in [0.1, 0.15) is 46.2 Å². The predicted molar refractivity (Wildman–Crippen MR) is 81.8 cm³/mol. The average molecular weight is 328 g/mol. The first-order valence-corrected chi connectivity index (χ1v) is 7.26. The third-order valence-corrected chi connectivity index (χ3v) is 3.00. The zero-order valence-electron chi connectivity index (χ0n) is 12.2. The minimum Gasteiger partial charge on any atom is -0.491 e. The van der Waals surface area contributed by atoms with Gasteiger partial charge in [-0.05, 0) is 40.7 Å². The Morgan fingerprint density at radius 3 is 2.37 bits per heavy atom. The fourth-order valence-electron chi connectivity index (χ4n) is 1.65. The summed E-state index contributed by atoms with van der Waals surface area (Å²) in [5.74, 6) is 0.775. The van der Waals surface area contributed by atoms with Gasteiger partial charge in [0, 0.05) is 5.56 Å². The van der Waals surface area contributed by atoms with Crippen molar-refractivity contribution < 1.29 is 9.53 Å². The molecular formula is C15H22BrNO2. The fraction of sp³-hybridized carbons (Fsp3) is 0.533. The number of benzene rings is 1. The number of halogens is 1. The SMILES string of the molecule is CC(C)Oc1ccccc1C(C)NC(=O)C(C)(C)Br. The molecule has 19 heavy (non-hydrogen) atoms. The van der Waals surface area contributed by atoms with Crippen LogP contribution in [0, 0.1) is 0 Å². The Morgan fingerprint density at radius 2 is 1.84 bits per heavy atom. The Morgan fingerprint density at radius 1 is 1.26 bits per heavy atom. The van der Waals surface area contributed by atoms with Gasteiger partial charge in [-0.3, -0.25) is 4.79 Å². The van der Waals surface area contributed by atoms with Crippen molar-refractivity contribution in [1.82, 2.24) is 5.32 Å². The average Bonchev–Trinajstić information content (AvgIpc) is 2.27. The second-order valence-electron chi connectivity index (χ2n) is 5.37. The molecule has 1 aromatic carbocycles. The van der Waals surface area contributed by atoms with Gasteiger partial charge in [0.15, 0.2) is 0 Å². The first-order valence-electron chi connectivity index (χ1n) is 6.47. The van der Waals surface area contributed by atoms with Crippen LogP contribution in [0.3, 0.4) is 0 Å². The standard InChI is InChI=1S/C15H22BrNO2/c1-10(2)19-13-9-7-6-8-12(13)11(3)17-14(18)15(4,5)16/h6-11H,1-5H3,(H,17,18). The number of ether oxygens (including phenoxy) is 1. The van der Waals surface area contributed by atoms with Crippen LogP contribution in [0.5, 0.6) is 5.75 Å². The van der Waals surface area contributed by atoms with Crippen LogP contribution >= 0.6 is 15.9 Å². The summed E-state index contributed by atoms with van der Waals surface area (Å²) < 4.78 is 5.20. The largest absolute Gasteiger partial charge is 0.491 e. The van der Waals surface area contributed by atoms with Gasteiger partial charge in [0.25, 0.3) is 0 Å². The highest BCUT2D eigenvalue weighted by atomic mass is 79.9. The van der Waals surface area contributed by atoms with E-state index >= 15 is 0 Å². The van der Waals surface area contributed by atoms with E-state index in [-0.39, 0.29) is 18.1 Å². The molecule has 0 aliphatic rings. The molecule has 0 saturated heterocycles. The second kappa shape index (κ2) is 6.42.